The number of hydrogen-bond acceptors (Lipinski definition) is 4. The zero-order valence-electron chi connectivity index (χ0n) is 6.40. The molecule has 0 aliphatic carbocycles. The topological polar surface area (TPSA) is 55.5 Å². The maximum Gasteiger partial charge on any atom is 0.333 e. The molecule has 1 unspecified atom stereocenters. The molecule has 0 aromatic heterocycles. The molecular formula is C6H9ClN2O2S. The molecule has 0 saturated carbocycles. The van der Waals surface area contributed by atoms with Crippen molar-refractivity contribution < 1.29 is 4.92 Å². The summed E-state index contributed by atoms with van der Waals surface area (Å²) >= 11 is 6.91. The summed E-state index contributed by atoms with van der Waals surface area (Å²) in [5.74, 6) is 0.885. The van der Waals surface area contributed by atoms with Crippen molar-refractivity contribution in [3.63, 3.8) is 0 Å². The van der Waals surface area contributed by atoms with Gasteiger partial charge in [-0.2, -0.15) is 0 Å². The summed E-state index contributed by atoms with van der Waals surface area (Å²) in [4.78, 5) is 13.8. The Hall–Kier alpha value is -0.290. The van der Waals surface area contributed by atoms with Crippen molar-refractivity contribution in [3.8, 4) is 0 Å². The summed E-state index contributed by atoms with van der Waals surface area (Å²) < 4.78 is 0. The SMILES string of the molecule is O=[N+]([O-])C(Cl)C1=NCCCCS1. The van der Waals surface area contributed by atoms with Gasteiger partial charge in [-0.3, -0.25) is 15.1 Å². The van der Waals surface area contributed by atoms with Crippen LogP contribution in [0.25, 0.3) is 0 Å². The van der Waals surface area contributed by atoms with Crippen molar-refractivity contribution >= 4 is 28.4 Å². The Morgan fingerprint density at radius 2 is 2.42 bits per heavy atom. The lowest BCUT2D eigenvalue weighted by molar-refractivity contribution is -0.479. The van der Waals surface area contributed by atoms with Gasteiger partial charge in [-0.25, -0.2) is 0 Å². The van der Waals surface area contributed by atoms with Crippen LogP contribution in [0.5, 0.6) is 0 Å². The van der Waals surface area contributed by atoms with Gasteiger partial charge in [-0.05, 0) is 30.2 Å². The molecule has 0 amide bonds. The van der Waals surface area contributed by atoms with Crippen LogP contribution in [0.4, 0.5) is 0 Å². The first-order valence-electron chi connectivity index (χ1n) is 3.66. The fourth-order valence-electron chi connectivity index (χ4n) is 0.860. The van der Waals surface area contributed by atoms with E-state index in [-0.39, 0.29) is 0 Å². The lowest BCUT2D eigenvalue weighted by Crippen LogP contribution is -2.21. The van der Waals surface area contributed by atoms with Gasteiger partial charge in [0, 0.05) is 11.5 Å². The van der Waals surface area contributed by atoms with E-state index < -0.39 is 10.4 Å². The number of thioether (sulfide) groups is 1. The van der Waals surface area contributed by atoms with E-state index in [1.54, 1.807) is 0 Å². The van der Waals surface area contributed by atoms with Crippen LogP contribution in [0.3, 0.4) is 0 Å². The summed E-state index contributed by atoms with van der Waals surface area (Å²) in [6, 6.07) is 0. The second-order valence-corrected chi connectivity index (χ2v) is 3.93. The van der Waals surface area contributed by atoms with Crippen LogP contribution >= 0.6 is 23.4 Å². The number of halogens is 1. The zero-order valence-corrected chi connectivity index (χ0v) is 7.98. The van der Waals surface area contributed by atoms with Crippen molar-refractivity contribution in [1.82, 2.24) is 0 Å². The summed E-state index contributed by atoms with van der Waals surface area (Å²) in [6.45, 7) is 0.666. The van der Waals surface area contributed by atoms with Gasteiger partial charge >= 0.3 is 5.50 Å². The van der Waals surface area contributed by atoms with Crippen LogP contribution in [0.2, 0.25) is 0 Å². The van der Waals surface area contributed by atoms with Gasteiger partial charge in [0.1, 0.15) is 0 Å². The molecule has 0 saturated heterocycles. The number of nitrogens with zero attached hydrogens (tertiary/aromatic N) is 2. The zero-order chi connectivity index (χ0) is 8.97. The largest absolute Gasteiger partial charge is 0.333 e. The standard InChI is InChI=1S/C6H9ClN2O2S/c7-5(9(10)11)6-8-3-1-2-4-12-6/h5H,1-4H2. The Kier molecular flexibility index (Phi) is 3.81. The number of aliphatic imine (C=N–C) groups is 1. The minimum Gasteiger partial charge on any atom is -0.275 e. The Bertz CT molecular complexity index is 210. The van der Waals surface area contributed by atoms with Gasteiger partial charge in [-0.15, -0.1) is 11.8 Å². The maximum atomic E-state index is 10.3. The highest BCUT2D eigenvalue weighted by atomic mass is 35.5. The van der Waals surface area contributed by atoms with Crippen LogP contribution < -0.4 is 0 Å². The first-order chi connectivity index (χ1) is 5.72. The Morgan fingerprint density at radius 1 is 1.67 bits per heavy atom. The molecule has 0 bridgehead atoms. The number of rotatable bonds is 2. The van der Waals surface area contributed by atoms with Crippen LogP contribution in [0.1, 0.15) is 12.8 Å². The Balaban J connectivity index is 2.58. The third kappa shape index (κ3) is 2.64. The average Bonchev–Trinajstić information content (AvgIpc) is 2.30. The summed E-state index contributed by atoms with van der Waals surface area (Å²) in [6.07, 6.45) is 2.05. The first kappa shape index (κ1) is 9.80. The van der Waals surface area contributed by atoms with Gasteiger partial charge in [0.15, 0.2) is 5.04 Å². The van der Waals surface area contributed by atoms with Crippen molar-refractivity contribution in [1.29, 1.82) is 0 Å². The quantitative estimate of drug-likeness (QED) is 0.301. The molecular weight excluding hydrogens is 200 g/mol. The Labute approximate surface area is 79.5 Å². The molecule has 1 heterocycles. The van der Waals surface area contributed by atoms with Gasteiger partial charge < -0.3 is 0 Å². The van der Waals surface area contributed by atoms with Gasteiger partial charge in [0.25, 0.3) is 0 Å². The molecule has 1 atom stereocenters. The first-order valence-corrected chi connectivity index (χ1v) is 5.08. The van der Waals surface area contributed by atoms with Gasteiger partial charge in [-0.1, -0.05) is 0 Å². The molecule has 12 heavy (non-hydrogen) atoms. The normalized spacial score (nSPS) is 20.9. The Morgan fingerprint density at radius 3 is 3.08 bits per heavy atom. The van der Waals surface area contributed by atoms with E-state index in [0.717, 1.165) is 18.6 Å². The number of nitro groups is 1. The molecule has 0 spiro atoms. The second-order valence-electron chi connectivity index (χ2n) is 2.40. The van der Waals surface area contributed by atoms with Crippen molar-refractivity contribution in [3.05, 3.63) is 10.1 Å². The second kappa shape index (κ2) is 4.67. The fourth-order valence-corrected chi connectivity index (χ4v) is 2.08. The van der Waals surface area contributed by atoms with Crippen molar-refractivity contribution in [2.75, 3.05) is 12.3 Å². The molecule has 0 radical (unpaired) electrons. The molecule has 0 N–H and O–H groups in total. The third-order valence-corrected chi connectivity index (χ3v) is 3.10. The number of alkyl halides is 1. The van der Waals surface area contributed by atoms with Gasteiger partial charge in [0.2, 0.25) is 0 Å². The van der Waals surface area contributed by atoms with E-state index >= 15 is 0 Å². The molecule has 4 nitrogen and oxygen atoms in total. The van der Waals surface area contributed by atoms with E-state index in [1.165, 1.54) is 11.8 Å². The average molecular weight is 209 g/mol. The number of hydrogen-bond donors (Lipinski definition) is 0. The highest BCUT2D eigenvalue weighted by Crippen LogP contribution is 2.18. The van der Waals surface area contributed by atoms with E-state index in [1.807, 2.05) is 0 Å². The molecule has 1 aliphatic heterocycles. The van der Waals surface area contributed by atoms with Crippen LogP contribution in [-0.2, 0) is 0 Å². The fraction of sp³-hybridized carbons (Fsp3) is 0.833. The van der Waals surface area contributed by atoms with Crippen LogP contribution in [0, 0.1) is 10.1 Å². The van der Waals surface area contributed by atoms with E-state index in [9.17, 15) is 10.1 Å². The van der Waals surface area contributed by atoms with Crippen LogP contribution in [-0.4, -0.2) is 27.8 Å². The molecule has 0 fully saturated rings. The highest BCUT2D eigenvalue weighted by Gasteiger charge is 2.24. The molecule has 0 aromatic rings. The highest BCUT2D eigenvalue weighted by molar-refractivity contribution is 8.14. The lowest BCUT2D eigenvalue weighted by atomic mass is 10.3. The minimum absolute atomic E-state index is 0.458. The monoisotopic (exact) mass is 208 g/mol. The summed E-state index contributed by atoms with van der Waals surface area (Å²) in [5, 5.41) is 10.7. The van der Waals surface area contributed by atoms with Crippen LogP contribution in [0.15, 0.2) is 4.99 Å². The smallest absolute Gasteiger partial charge is 0.275 e. The summed E-state index contributed by atoms with van der Waals surface area (Å²) in [5.41, 5.74) is -1.15. The molecule has 6 heteroatoms. The predicted molar refractivity (Wildman–Crippen MR) is 50.6 cm³/mol. The van der Waals surface area contributed by atoms with E-state index in [2.05, 4.69) is 4.99 Å². The van der Waals surface area contributed by atoms with E-state index in [4.69, 9.17) is 11.6 Å². The van der Waals surface area contributed by atoms with Crippen molar-refractivity contribution in [2.24, 2.45) is 4.99 Å². The lowest BCUT2D eigenvalue weighted by Gasteiger charge is -2.02. The predicted octanol–water partition coefficient (Wildman–Crippen LogP) is 1.75. The maximum absolute atomic E-state index is 10.3. The molecule has 0 aromatic carbocycles. The molecule has 68 valence electrons. The molecule has 1 aliphatic rings. The van der Waals surface area contributed by atoms with Crippen molar-refractivity contribution in [2.45, 2.75) is 18.3 Å². The van der Waals surface area contributed by atoms with E-state index in [0.29, 0.717) is 11.6 Å². The van der Waals surface area contributed by atoms with Gasteiger partial charge in [0.05, 0.1) is 0 Å². The third-order valence-electron chi connectivity index (χ3n) is 1.46. The molecule has 1 rings (SSSR count). The minimum atomic E-state index is -1.15. The summed E-state index contributed by atoms with van der Waals surface area (Å²) in [7, 11) is 0.